The fourth-order valence-electron chi connectivity index (χ4n) is 2.84. The van der Waals surface area contributed by atoms with Crippen molar-refractivity contribution in [3.63, 3.8) is 0 Å². The molecule has 1 heterocycles. The molecule has 8 nitrogen and oxygen atoms in total. The number of hydrogen-bond donors (Lipinski definition) is 4. The molecular formula is C21H29N3O5S. The molecule has 0 bridgehead atoms. The first-order valence-electron chi connectivity index (χ1n) is 9.91. The van der Waals surface area contributed by atoms with Crippen LogP contribution < -0.4 is 10.6 Å². The Labute approximate surface area is 180 Å². The van der Waals surface area contributed by atoms with Crippen molar-refractivity contribution < 1.29 is 24.6 Å². The van der Waals surface area contributed by atoms with E-state index in [4.69, 9.17) is 0 Å². The molecule has 0 aromatic heterocycles. The van der Waals surface area contributed by atoms with E-state index in [0.29, 0.717) is 32.4 Å². The Kier molecular flexibility index (Phi) is 9.85. The highest BCUT2D eigenvalue weighted by Crippen LogP contribution is 2.23. The van der Waals surface area contributed by atoms with Gasteiger partial charge >= 0.3 is 0 Å². The normalized spacial score (nSPS) is 17.2. The van der Waals surface area contributed by atoms with Crippen LogP contribution in [0, 0.1) is 0 Å². The number of likely N-dealkylation sites (N-methyl/N-ethyl adjacent to an activating group) is 1. The predicted octanol–water partition coefficient (Wildman–Crippen LogP) is 0.0510. The highest BCUT2D eigenvalue weighted by Gasteiger charge is 2.32. The van der Waals surface area contributed by atoms with Crippen LogP contribution >= 0.6 is 11.8 Å². The Morgan fingerprint density at radius 1 is 1.13 bits per heavy atom. The second kappa shape index (κ2) is 12.4. The maximum Gasteiger partial charge on any atom is 0.254 e. The summed E-state index contributed by atoms with van der Waals surface area (Å²) < 4.78 is 0. The number of carbonyl (C=O) groups is 3. The monoisotopic (exact) mass is 435 g/mol. The molecule has 4 N–H and O–H groups in total. The summed E-state index contributed by atoms with van der Waals surface area (Å²) in [5, 5.41) is 27.1. The van der Waals surface area contributed by atoms with Crippen LogP contribution in [-0.4, -0.2) is 77.0 Å². The minimum absolute atomic E-state index is 0.0454. The van der Waals surface area contributed by atoms with Crippen LogP contribution in [0.1, 0.15) is 18.4 Å². The summed E-state index contributed by atoms with van der Waals surface area (Å²) in [5.74, 6) is -1.59. The van der Waals surface area contributed by atoms with E-state index in [1.54, 1.807) is 0 Å². The number of aliphatic hydroxyl groups excluding tert-OH is 2. The van der Waals surface area contributed by atoms with Crippen molar-refractivity contribution in [1.82, 2.24) is 15.5 Å². The van der Waals surface area contributed by atoms with E-state index in [9.17, 15) is 24.6 Å². The third-order valence-electron chi connectivity index (χ3n) is 4.71. The molecule has 0 aliphatic carbocycles. The molecule has 1 aromatic carbocycles. The van der Waals surface area contributed by atoms with Gasteiger partial charge in [0.15, 0.2) is 12.2 Å². The lowest BCUT2D eigenvalue weighted by atomic mass is 10.1. The van der Waals surface area contributed by atoms with Crippen molar-refractivity contribution >= 4 is 29.5 Å². The SMILES string of the molecule is CN(CCc1ccccc1)C(=O)[C@H](O)[C@@H](O)C(=O)NCCCNC(=O)C1CC=CS1. The lowest BCUT2D eigenvalue weighted by Gasteiger charge is -2.23. The van der Waals surface area contributed by atoms with Crippen LogP contribution in [0.4, 0.5) is 0 Å². The number of aliphatic hydroxyl groups is 2. The number of benzene rings is 1. The number of nitrogens with zero attached hydrogens (tertiary/aromatic N) is 1. The number of hydrogen-bond acceptors (Lipinski definition) is 6. The van der Waals surface area contributed by atoms with Crippen molar-refractivity contribution in [2.45, 2.75) is 36.7 Å². The third-order valence-corrected chi connectivity index (χ3v) is 5.79. The minimum Gasteiger partial charge on any atom is -0.380 e. The van der Waals surface area contributed by atoms with Gasteiger partial charge in [0.2, 0.25) is 5.91 Å². The molecule has 3 atom stereocenters. The fourth-order valence-corrected chi connectivity index (χ4v) is 3.68. The first-order chi connectivity index (χ1) is 14.4. The van der Waals surface area contributed by atoms with E-state index in [2.05, 4.69) is 10.6 Å². The smallest absolute Gasteiger partial charge is 0.254 e. The van der Waals surface area contributed by atoms with Crippen molar-refractivity contribution in [3.8, 4) is 0 Å². The van der Waals surface area contributed by atoms with Gasteiger partial charge in [0.1, 0.15) is 0 Å². The lowest BCUT2D eigenvalue weighted by molar-refractivity contribution is -0.152. The van der Waals surface area contributed by atoms with Gasteiger partial charge in [0.25, 0.3) is 11.8 Å². The summed E-state index contributed by atoms with van der Waals surface area (Å²) >= 11 is 1.47. The molecule has 0 radical (unpaired) electrons. The first-order valence-corrected chi connectivity index (χ1v) is 10.9. The highest BCUT2D eigenvalue weighted by molar-refractivity contribution is 8.03. The van der Waals surface area contributed by atoms with Gasteiger partial charge in [0.05, 0.1) is 5.25 Å². The van der Waals surface area contributed by atoms with Gasteiger partial charge in [-0.15, -0.1) is 11.8 Å². The molecule has 1 aliphatic heterocycles. The van der Waals surface area contributed by atoms with Gasteiger partial charge in [0, 0.05) is 26.7 Å². The van der Waals surface area contributed by atoms with Crippen LogP contribution in [0.15, 0.2) is 41.8 Å². The van der Waals surface area contributed by atoms with E-state index in [1.807, 2.05) is 41.8 Å². The van der Waals surface area contributed by atoms with Gasteiger partial charge < -0.3 is 25.7 Å². The largest absolute Gasteiger partial charge is 0.380 e. The molecule has 0 spiro atoms. The van der Waals surface area contributed by atoms with Crippen LogP contribution in [0.25, 0.3) is 0 Å². The summed E-state index contributed by atoms with van der Waals surface area (Å²) in [6.45, 7) is 0.940. The molecular weight excluding hydrogens is 406 g/mol. The van der Waals surface area contributed by atoms with Crippen LogP contribution in [-0.2, 0) is 20.8 Å². The van der Waals surface area contributed by atoms with E-state index in [1.165, 1.54) is 23.7 Å². The molecule has 0 saturated heterocycles. The van der Waals surface area contributed by atoms with Crippen LogP contribution in [0.3, 0.4) is 0 Å². The molecule has 3 amide bonds. The number of carbonyl (C=O) groups excluding carboxylic acids is 3. The molecule has 0 fully saturated rings. The molecule has 1 aliphatic rings. The highest BCUT2D eigenvalue weighted by atomic mass is 32.2. The standard InChI is InChI=1S/C21H29N3O5S/c1-24(13-10-15-7-3-2-4-8-15)21(29)18(26)17(25)20(28)23-12-6-11-22-19(27)16-9-5-14-30-16/h2-5,7-8,14,16-18,25-26H,6,9-13H2,1H3,(H,22,27)(H,23,28)/t16?,17-,18-/m1/s1. The zero-order chi connectivity index (χ0) is 21.9. The van der Waals surface area contributed by atoms with Crippen molar-refractivity contribution in [2.75, 3.05) is 26.7 Å². The Hall–Kier alpha value is -2.36. The topological polar surface area (TPSA) is 119 Å². The molecule has 0 saturated carbocycles. The molecule has 164 valence electrons. The van der Waals surface area contributed by atoms with Gasteiger partial charge in [-0.1, -0.05) is 36.4 Å². The second-order valence-electron chi connectivity index (χ2n) is 7.05. The average molecular weight is 436 g/mol. The van der Waals surface area contributed by atoms with Gasteiger partial charge in [-0.25, -0.2) is 0 Å². The number of allylic oxidation sites excluding steroid dienone is 1. The maximum atomic E-state index is 12.3. The Morgan fingerprint density at radius 3 is 2.50 bits per heavy atom. The predicted molar refractivity (Wildman–Crippen MR) is 116 cm³/mol. The maximum absolute atomic E-state index is 12.3. The summed E-state index contributed by atoms with van der Waals surface area (Å²) in [4.78, 5) is 37.4. The molecule has 1 unspecified atom stereocenters. The number of rotatable bonds is 11. The molecule has 30 heavy (non-hydrogen) atoms. The van der Waals surface area contributed by atoms with E-state index >= 15 is 0 Å². The molecule has 9 heteroatoms. The summed E-state index contributed by atoms with van der Waals surface area (Å²) in [6.07, 6.45) is 0.0347. The Bertz CT molecular complexity index is 735. The first kappa shape index (κ1) is 23.9. The average Bonchev–Trinajstić information content (AvgIpc) is 3.31. The summed E-state index contributed by atoms with van der Waals surface area (Å²) in [7, 11) is 1.51. The number of thioether (sulfide) groups is 1. The number of amides is 3. The Morgan fingerprint density at radius 2 is 1.83 bits per heavy atom. The quantitative estimate of drug-likeness (QED) is 0.365. The number of nitrogens with one attached hydrogen (secondary N) is 2. The van der Waals surface area contributed by atoms with Gasteiger partial charge in [-0.2, -0.15) is 0 Å². The van der Waals surface area contributed by atoms with Gasteiger partial charge in [-0.3, -0.25) is 14.4 Å². The van der Waals surface area contributed by atoms with Crippen molar-refractivity contribution in [2.24, 2.45) is 0 Å². The van der Waals surface area contributed by atoms with E-state index in [-0.39, 0.29) is 17.7 Å². The zero-order valence-electron chi connectivity index (χ0n) is 17.0. The third kappa shape index (κ3) is 7.47. The van der Waals surface area contributed by atoms with Crippen LogP contribution in [0.2, 0.25) is 0 Å². The van der Waals surface area contributed by atoms with Gasteiger partial charge in [-0.05, 0) is 30.2 Å². The second-order valence-corrected chi connectivity index (χ2v) is 8.17. The van der Waals surface area contributed by atoms with E-state index < -0.39 is 24.0 Å². The Balaban J connectivity index is 1.64. The summed E-state index contributed by atoms with van der Waals surface area (Å²) in [6, 6.07) is 9.57. The molecule has 1 aromatic rings. The van der Waals surface area contributed by atoms with Crippen molar-refractivity contribution in [3.05, 3.63) is 47.4 Å². The van der Waals surface area contributed by atoms with E-state index in [0.717, 1.165) is 5.56 Å². The summed E-state index contributed by atoms with van der Waals surface area (Å²) in [5.41, 5.74) is 1.04. The lowest BCUT2D eigenvalue weighted by Crippen LogP contribution is -2.50. The molecule has 2 rings (SSSR count). The fraction of sp³-hybridized carbons (Fsp3) is 0.476. The minimum atomic E-state index is -1.85. The van der Waals surface area contributed by atoms with Crippen molar-refractivity contribution in [1.29, 1.82) is 0 Å². The zero-order valence-corrected chi connectivity index (χ0v) is 17.8. The van der Waals surface area contributed by atoms with Crippen LogP contribution in [0.5, 0.6) is 0 Å².